The van der Waals surface area contributed by atoms with Gasteiger partial charge in [-0.05, 0) is 19.4 Å². The molecule has 32 heavy (non-hydrogen) atoms. The van der Waals surface area contributed by atoms with Gasteiger partial charge in [0, 0.05) is 11.6 Å². The molecule has 2 aliphatic rings. The highest BCUT2D eigenvalue weighted by Gasteiger charge is 2.64. The lowest BCUT2D eigenvalue weighted by Crippen LogP contribution is -2.46. The quantitative estimate of drug-likeness (QED) is 0.288. The zero-order valence-electron chi connectivity index (χ0n) is 17.0. The Balaban J connectivity index is 1.87. The van der Waals surface area contributed by atoms with Gasteiger partial charge in [0.1, 0.15) is 0 Å². The van der Waals surface area contributed by atoms with Crippen LogP contribution in [0.2, 0.25) is 0 Å². The first kappa shape index (κ1) is 21.4. The summed E-state index contributed by atoms with van der Waals surface area (Å²) in [5, 5.41) is 22.9. The van der Waals surface area contributed by atoms with E-state index >= 15 is 0 Å². The van der Waals surface area contributed by atoms with Crippen LogP contribution < -0.4 is 0 Å². The summed E-state index contributed by atoms with van der Waals surface area (Å²) in [5.41, 5.74) is -2.73. The van der Waals surface area contributed by atoms with Crippen molar-refractivity contribution in [3.63, 3.8) is 0 Å². The number of amides is 1. The van der Waals surface area contributed by atoms with Gasteiger partial charge in [0.15, 0.2) is 11.6 Å². The summed E-state index contributed by atoms with van der Waals surface area (Å²) in [4.78, 5) is 49.7. The molecular formula is C21H19N3O8. The average Bonchev–Trinajstić information content (AvgIpc) is 3.32. The molecule has 0 radical (unpaired) electrons. The molecule has 0 aromatic heterocycles. The number of hydrogen-bond donors (Lipinski definition) is 0. The largest absolute Gasteiger partial charge is 0.465 e. The second kappa shape index (κ2) is 8.00. The highest BCUT2D eigenvalue weighted by Crippen LogP contribution is 2.50. The van der Waals surface area contributed by atoms with Gasteiger partial charge in [0.2, 0.25) is 5.91 Å². The number of non-ortho nitro benzene ring substituents is 1. The molecule has 2 aromatic carbocycles. The number of carbonyl (C=O) groups excluding carboxylic acids is 2. The Kier molecular flexibility index (Phi) is 5.35. The van der Waals surface area contributed by atoms with Crippen LogP contribution in [-0.4, -0.2) is 45.9 Å². The van der Waals surface area contributed by atoms with E-state index in [1.54, 1.807) is 31.2 Å². The lowest BCUT2D eigenvalue weighted by molar-refractivity contribution is -0.394. The van der Waals surface area contributed by atoms with Gasteiger partial charge in [-0.15, -0.1) is 0 Å². The molecule has 1 amide bonds. The SMILES string of the molecule is CCOC(=O)[C@@]1(c2ccc([N+](=O)[O-])cc2[N+](=O)[O-])C[C@H]2CO[C@H](c3ccccc3)N2C1=O. The number of rotatable bonds is 6. The summed E-state index contributed by atoms with van der Waals surface area (Å²) in [6.45, 7) is 1.65. The van der Waals surface area contributed by atoms with E-state index in [2.05, 4.69) is 0 Å². The van der Waals surface area contributed by atoms with Crippen molar-refractivity contribution < 1.29 is 28.9 Å². The summed E-state index contributed by atoms with van der Waals surface area (Å²) >= 11 is 0. The first-order valence-corrected chi connectivity index (χ1v) is 9.91. The van der Waals surface area contributed by atoms with Crippen LogP contribution in [0.15, 0.2) is 48.5 Å². The number of esters is 1. The molecule has 2 fully saturated rings. The van der Waals surface area contributed by atoms with Crippen LogP contribution in [0.25, 0.3) is 0 Å². The number of nitro benzene ring substituents is 2. The van der Waals surface area contributed by atoms with Crippen molar-refractivity contribution in [1.82, 2.24) is 4.90 Å². The standard InChI is InChI=1S/C21H19N3O8/c1-2-31-20(26)21(16-9-8-14(23(27)28)10-17(16)24(29)30)11-15-12-32-18(22(15)19(21)25)13-6-4-3-5-7-13/h3-10,15,18H,2,11-12H2,1H3/t15-,18+,21+/m0/s1. The van der Waals surface area contributed by atoms with Crippen LogP contribution in [0.3, 0.4) is 0 Å². The lowest BCUT2D eigenvalue weighted by Gasteiger charge is -2.28. The number of ether oxygens (including phenoxy) is 2. The summed E-state index contributed by atoms with van der Waals surface area (Å²) in [5.74, 6) is -1.62. The first-order valence-electron chi connectivity index (χ1n) is 9.91. The average molecular weight is 441 g/mol. The highest BCUT2D eigenvalue weighted by atomic mass is 16.6. The van der Waals surface area contributed by atoms with Gasteiger partial charge in [-0.1, -0.05) is 30.3 Å². The van der Waals surface area contributed by atoms with E-state index < -0.39 is 50.8 Å². The molecule has 2 saturated heterocycles. The zero-order valence-corrected chi connectivity index (χ0v) is 17.0. The lowest BCUT2D eigenvalue weighted by atomic mass is 9.76. The molecule has 2 aliphatic heterocycles. The molecule has 2 heterocycles. The Labute approximate surface area is 181 Å². The second-order valence-corrected chi connectivity index (χ2v) is 7.51. The Morgan fingerprint density at radius 2 is 1.91 bits per heavy atom. The van der Waals surface area contributed by atoms with E-state index in [-0.39, 0.29) is 25.2 Å². The van der Waals surface area contributed by atoms with E-state index in [0.29, 0.717) is 5.56 Å². The van der Waals surface area contributed by atoms with E-state index in [1.165, 1.54) is 4.90 Å². The molecule has 11 nitrogen and oxygen atoms in total. The number of nitro groups is 2. The van der Waals surface area contributed by atoms with Gasteiger partial charge in [-0.2, -0.15) is 0 Å². The van der Waals surface area contributed by atoms with Gasteiger partial charge in [-0.25, -0.2) is 0 Å². The molecule has 0 spiro atoms. The van der Waals surface area contributed by atoms with Crippen molar-refractivity contribution >= 4 is 23.3 Å². The Hall–Kier alpha value is -3.86. The highest BCUT2D eigenvalue weighted by molar-refractivity contribution is 6.11. The predicted molar refractivity (Wildman–Crippen MR) is 108 cm³/mol. The second-order valence-electron chi connectivity index (χ2n) is 7.51. The topological polar surface area (TPSA) is 142 Å². The molecule has 2 aromatic rings. The molecule has 0 N–H and O–H groups in total. The van der Waals surface area contributed by atoms with Gasteiger partial charge >= 0.3 is 5.97 Å². The van der Waals surface area contributed by atoms with E-state index in [1.807, 2.05) is 6.07 Å². The van der Waals surface area contributed by atoms with Crippen LogP contribution in [0.5, 0.6) is 0 Å². The number of carbonyl (C=O) groups is 2. The molecule has 0 aliphatic carbocycles. The minimum Gasteiger partial charge on any atom is -0.465 e. The third kappa shape index (κ3) is 3.17. The first-order chi connectivity index (χ1) is 15.3. The monoisotopic (exact) mass is 441 g/mol. The van der Waals surface area contributed by atoms with Crippen molar-refractivity contribution in [2.45, 2.75) is 31.0 Å². The fourth-order valence-corrected chi connectivity index (χ4v) is 4.43. The van der Waals surface area contributed by atoms with Gasteiger partial charge in [0.25, 0.3) is 11.4 Å². The molecule has 11 heteroatoms. The van der Waals surface area contributed by atoms with Crippen LogP contribution in [-0.2, 0) is 24.5 Å². The van der Waals surface area contributed by atoms with Gasteiger partial charge in [0.05, 0.1) is 40.7 Å². The Morgan fingerprint density at radius 3 is 2.53 bits per heavy atom. The summed E-state index contributed by atoms with van der Waals surface area (Å²) < 4.78 is 11.0. The summed E-state index contributed by atoms with van der Waals surface area (Å²) in [6.07, 6.45) is -0.866. The third-order valence-electron chi connectivity index (χ3n) is 5.79. The number of fused-ring (bicyclic) bond motifs is 1. The minimum absolute atomic E-state index is 0.0437. The van der Waals surface area contributed by atoms with Crippen LogP contribution in [0.1, 0.15) is 30.7 Å². The van der Waals surface area contributed by atoms with Crippen LogP contribution in [0.4, 0.5) is 11.4 Å². The smallest absolute Gasteiger partial charge is 0.326 e. The maximum atomic E-state index is 13.8. The number of hydrogen-bond acceptors (Lipinski definition) is 8. The van der Waals surface area contributed by atoms with Crippen molar-refractivity contribution in [2.75, 3.05) is 13.2 Å². The molecule has 3 atom stereocenters. The molecule has 0 saturated carbocycles. The molecular weight excluding hydrogens is 422 g/mol. The van der Waals surface area contributed by atoms with Crippen molar-refractivity contribution in [3.05, 3.63) is 79.9 Å². The molecule has 0 bridgehead atoms. The Bertz CT molecular complexity index is 1110. The normalized spacial score (nSPS) is 24.3. The fraction of sp³-hybridized carbons (Fsp3) is 0.333. The molecule has 166 valence electrons. The number of benzene rings is 2. The maximum Gasteiger partial charge on any atom is 0.326 e. The van der Waals surface area contributed by atoms with Gasteiger partial charge in [-0.3, -0.25) is 29.8 Å². The van der Waals surface area contributed by atoms with E-state index in [9.17, 15) is 29.8 Å². The zero-order chi connectivity index (χ0) is 23.0. The summed E-state index contributed by atoms with van der Waals surface area (Å²) in [7, 11) is 0. The number of nitrogens with zero attached hydrogens (tertiary/aromatic N) is 3. The van der Waals surface area contributed by atoms with Gasteiger partial charge < -0.3 is 14.4 Å². The van der Waals surface area contributed by atoms with Crippen molar-refractivity contribution in [3.8, 4) is 0 Å². The minimum atomic E-state index is -2.00. The van der Waals surface area contributed by atoms with Crippen LogP contribution in [0, 0.1) is 20.2 Å². The molecule has 4 rings (SSSR count). The fourth-order valence-electron chi connectivity index (χ4n) is 4.43. The van der Waals surface area contributed by atoms with Crippen molar-refractivity contribution in [1.29, 1.82) is 0 Å². The third-order valence-corrected chi connectivity index (χ3v) is 5.79. The van der Waals surface area contributed by atoms with E-state index in [4.69, 9.17) is 9.47 Å². The van der Waals surface area contributed by atoms with Crippen LogP contribution >= 0.6 is 0 Å². The van der Waals surface area contributed by atoms with Crippen molar-refractivity contribution in [2.24, 2.45) is 0 Å². The summed E-state index contributed by atoms with van der Waals surface area (Å²) in [6, 6.07) is 11.3. The Morgan fingerprint density at radius 1 is 1.19 bits per heavy atom. The van der Waals surface area contributed by atoms with E-state index in [0.717, 1.165) is 18.2 Å². The maximum absolute atomic E-state index is 13.8. The predicted octanol–water partition coefficient (Wildman–Crippen LogP) is 2.63. The molecule has 0 unspecified atom stereocenters.